The van der Waals surface area contributed by atoms with Gasteiger partial charge < -0.3 is 14.7 Å². The Morgan fingerprint density at radius 1 is 1.40 bits per heavy atom. The van der Waals surface area contributed by atoms with Gasteiger partial charge in [0.2, 0.25) is 0 Å². The molecule has 0 rings (SSSR count). The minimum absolute atomic E-state index is 0.582. The van der Waals surface area contributed by atoms with E-state index in [-0.39, 0.29) is 0 Å². The van der Waals surface area contributed by atoms with Crippen LogP contribution in [0.25, 0.3) is 0 Å². The summed E-state index contributed by atoms with van der Waals surface area (Å²) in [7, 11) is -1.70. The molecular formula is C5H12BBrO3. The van der Waals surface area contributed by atoms with Gasteiger partial charge in [0.1, 0.15) is 4.51 Å². The van der Waals surface area contributed by atoms with Gasteiger partial charge in [0.15, 0.2) is 0 Å². The topological polar surface area (TPSA) is 49.7 Å². The molecule has 60 valence electrons. The molecule has 5 heteroatoms. The standard InChI is InChI=1S/C5H12BBrO3/c1-3-5(7,4-2)10-6(8)9/h8-9H,3-4H2,1-2H3. The molecule has 0 saturated heterocycles. The number of alkyl halides is 1. The molecule has 0 aliphatic carbocycles. The maximum absolute atomic E-state index is 8.45. The minimum atomic E-state index is -1.70. The van der Waals surface area contributed by atoms with Gasteiger partial charge in [-0.2, -0.15) is 0 Å². The Bertz CT molecular complexity index is 94.9. The van der Waals surface area contributed by atoms with E-state index in [1.165, 1.54) is 0 Å². The predicted molar refractivity (Wildman–Crippen MR) is 43.5 cm³/mol. The highest BCUT2D eigenvalue weighted by Gasteiger charge is 2.28. The molecule has 3 nitrogen and oxygen atoms in total. The van der Waals surface area contributed by atoms with Crippen molar-refractivity contribution in [3.05, 3.63) is 0 Å². The molecule has 0 aliphatic rings. The van der Waals surface area contributed by atoms with Crippen molar-refractivity contribution in [1.82, 2.24) is 0 Å². The molecule has 0 aromatic rings. The van der Waals surface area contributed by atoms with Crippen LogP contribution in [0.2, 0.25) is 0 Å². The van der Waals surface area contributed by atoms with E-state index in [0.29, 0.717) is 12.8 Å². The fraction of sp³-hybridized carbons (Fsp3) is 1.00. The maximum Gasteiger partial charge on any atom is 0.634 e. The van der Waals surface area contributed by atoms with E-state index in [4.69, 9.17) is 14.7 Å². The van der Waals surface area contributed by atoms with E-state index < -0.39 is 11.8 Å². The van der Waals surface area contributed by atoms with Crippen LogP contribution < -0.4 is 0 Å². The van der Waals surface area contributed by atoms with Crippen molar-refractivity contribution in [2.24, 2.45) is 0 Å². The molecular weight excluding hydrogens is 199 g/mol. The molecule has 10 heavy (non-hydrogen) atoms. The van der Waals surface area contributed by atoms with Crippen LogP contribution in [-0.4, -0.2) is 21.9 Å². The SMILES string of the molecule is CCC(Br)(CC)OB(O)O. The van der Waals surface area contributed by atoms with Crippen LogP contribution in [-0.2, 0) is 4.65 Å². The molecule has 0 saturated carbocycles. The van der Waals surface area contributed by atoms with Crippen molar-refractivity contribution < 1.29 is 14.7 Å². The highest BCUT2D eigenvalue weighted by atomic mass is 79.9. The molecule has 0 bridgehead atoms. The number of hydrogen-bond acceptors (Lipinski definition) is 3. The van der Waals surface area contributed by atoms with Gasteiger partial charge in [0, 0.05) is 0 Å². The second kappa shape index (κ2) is 4.33. The van der Waals surface area contributed by atoms with Crippen molar-refractivity contribution in [3.63, 3.8) is 0 Å². The van der Waals surface area contributed by atoms with Crippen molar-refractivity contribution in [2.45, 2.75) is 31.2 Å². The summed E-state index contributed by atoms with van der Waals surface area (Å²) >= 11 is 3.24. The molecule has 0 amide bonds. The first-order valence-electron chi connectivity index (χ1n) is 3.27. The Labute approximate surface area is 69.7 Å². The third-order valence-electron chi connectivity index (χ3n) is 1.37. The van der Waals surface area contributed by atoms with E-state index in [0.717, 1.165) is 0 Å². The lowest BCUT2D eigenvalue weighted by molar-refractivity contribution is 0.0915. The fourth-order valence-electron chi connectivity index (χ4n) is 0.606. The second-order valence-electron chi connectivity index (χ2n) is 2.03. The van der Waals surface area contributed by atoms with E-state index in [1.54, 1.807) is 0 Å². The highest BCUT2D eigenvalue weighted by Crippen LogP contribution is 2.27. The molecule has 0 atom stereocenters. The average Bonchev–Trinajstić information content (AvgIpc) is 1.87. The van der Waals surface area contributed by atoms with Crippen LogP contribution in [0.15, 0.2) is 0 Å². The molecule has 0 aromatic heterocycles. The van der Waals surface area contributed by atoms with Gasteiger partial charge in [-0.05, 0) is 12.8 Å². The van der Waals surface area contributed by atoms with Crippen LogP contribution in [0, 0.1) is 0 Å². The number of hydrogen-bond donors (Lipinski definition) is 2. The molecule has 2 N–H and O–H groups in total. The van der Waals surface area contributed by atoms with Gasteiger partial charge in [-0.25, -0.2) is 0 Å². The van der Waals surface area contributed by atoms with Crippen LogP contribution in [0.5, 0.6) is 0 Å². The zero-order chi connectivity index (χ0) is 8.20. The summed E-state index contributed by atoms with van der Waals surface area (Å²) in [6.07, 6.45) is 1.39. The van der Waals surface area contributed by atoms with E-state index >= 15 is 0 Å². The minimum Gasteiger partial charge on any atom is -0.402 e. The van der Waals surface area contributed by atoms with Crippen molar-refractivity contribution in [2.75, 3.05) is 0 Å². The quantitative estimate of drug-likeness (QED) is 0.535. The van der Waals surface area contributed by atoms with Gasteiger partial charge in [-0.1, -0.05) is 29.8 Å². The Morgan fingerprint density at radius 3 is 1.90 bits per heavy atom. The summed E-state index contributed by atoms with van der Waals surface area (Å²) < 4.78 is 4.18. The Kier molecular flexibility index (Phi) is 4.52. The van der Waals surface area contributed by atoms with Crippen molar-refractivity contribution in [1.29, 1.82) is 0 Å². The summed E-state index contributed by atoms with van der Waals surface area (Å²) in [5.74, 6) is 0. The van der Waals surface area contributed by atoms with Gasteiger partial charge in [0.25, 0.3) is 0 Å². The first-order valence-corrected chi connectivity index (χ1v) is 4.06. The summed E-state index contributed by atoms with van der Waals surface area (Å²) in [5.41, 5.74) is 0. The first kappa shape index (κ1) is 10.4. The maximum atomic E-state index is 8.45. The zero-order valence-corrected chi connectivity index (χ0v) is 7.76. The summed E-state index contributed by atoms with van der Waals surface area (Å²) in [6, 6.07) is 0. The molecule has 0 aliphatic heterocycles. The normalized spacial score (nSPS) is 11.7. The van der Waals surface area contributed by atoms with Gasteiger partial charge in [-0.15, -0.1) is 0 Å². The van der Waals surface area contributed by atoms with Crippen LogP contribution in [0.3, 0.4) is 0 Å². The van der Waals surface area contributed by atoms with Gasteiger partial charge in [-0.3, -0.25) is 0 Å². The summed E-state index contributed by atoms with van der Waals surface area (Å²) in [4.78, 5) is 0. The first-order chi connectivity index (χ1) is 4.54. The molecule has 0 aromatic carbocycles. The smallest absolute Gasteiger partial charge is 0.402 e. The lowest BCUT2D eigenvalue weighted by Gasteiger charge is -2.24. The fourth-order valence-corrected chi connectivity index (χ4v) is 0.773. The molecule has 0 unspecified atom stereocenters. The third kappa shape index (κ3) is 3.56. The Hall–Kier alpha value is 0.425. The van der Waals surface area contributed by atoms with Crippen LogP contribution in [0.1, 0.15) is 26.7 Å². The van der Waals surface area contributed by atoms with Crippen molar-refractivity contribution >= 4 is 23.3 Å². The second-order valence-corrected chi connectivity index (χ2v) is 3.48. The third-order valence-corrected chi connectivity index (χ3v) is 2.68. The van der Waals surface area contributed by atoms with Gasteiger partial charge >= 0.3 is 7.32 Å². The monoisotopic (exact) mass is 210 g/mol. The van der Waals surface area contributed by atoms with E-state index in [9.17, 15) is 0 Å². The molecule has 0 heterocycles. The van der Waals surface area contributed by atoms with Crippen LogP contribution >= 0.6 is 15.9 Å². The number of rotatable bonds is 4. The largest absolute Gasteiger partial charge is 0.634 e. The highest BCUT2D eigenvalue weighted by molar-refractivity contribution is 9.10. The van der Waals surface area contributed by atoms with Gasteiger partial charge in [0.05, 0.1) is 0 Å². The Morgan fingerprint density at radius 2 is 1.80 bits per heavy atom. The Balaban J connectivity index is 3.80. The lowest BCUT2D eigenvalue weighted by atomic mass is 10.1. The average molecular weight is 211 g/mol. The van der Waals surface area contributed by atoms with Crippen LogP contribution in [0.4, 0.5) is 0 Å². The summed E-state index contributed by atoms with van der Waals surface area (Å²) in [5, 5.41) is 16.9. The predicted octanol–water partition coefficient (Wildman–Crippen LogP) is 0.884. The zero-order valence-electron chi connectivity index (χ0n) is 6.17. The molecule has 0 radical (unpaired) electrons. The summed E-state index contributed by atoms with van der Waals surface area (Å²) in [6.45, 7) is 3.81. The molecule has 0 spiro atoms. The van der Waals surface area contributed by atoms with E-state index in [1.807, 2.05) is 13.8 Å². The lowest BCUT2D eigenvalue weighted by Crippen LogP contribution is -2.32. The number of halogens is 1. The van der Waals surface area contributed by atoms with Crippen molar-refractivity contribution in [3.8, 4) is 0 Å². The molecule has 0 fully saturated rings. The van der Waals surface area contributed by atoms with E-state index in [2.05, 4.69) is 15.9 Å².